The maximum absolute atomic E-state index is 12.2. The van der Waals surface area contributed by atoms with Crippen LogP contribution in [-0.2, 0) is 14.3 Å². The van der Waals surface area contributed by atoms with E-state index in [1.165, 1.54) is 0 Å². The summed E-state index contributed by atoms with van der Waals surface area (Å²) in [6.07, 6.45) is 7.17. The van der Waals surface area contributed by atoms with Crippen LogP contribution in [0.2, 0.25) is 0 Å². The van der Waals surface area contributed by atoms with E-state index in [-0.39, 0.29) is 29.6 Å². The van der Waals surface area contributed by atoms with Gasteiger partial charge in [-0.1, -0.05) is 36.1 Å². The lowest BCUT2D eigenvalue weighted by Crippen LogP contribution is -2.52. The Morgan fingerprint density at radius 2 is 1.71 bits per heavy atom. The normalized spacial score (nSPS) is 24.4. The monoisotopic (exact) mass is 288 g/mol. The lowest BCUT2D eigenvalue weighted by molar-refractivity contribution is -0.143. The second-order valence-electron chi connectivity index (χ2n) is 5.60. The number of carbonyl (C=O) groups is 1. The summed E-state index contributed by atoms with van der Waals surface area (Å²) in [4.78, 5) is 12.2. The zero-order chi connectivity index (χ0) is 15.6. The second-order valence-corrected chi connectivity index (χ2v) is 5.60. The number of allylic oxidation sites excluding steroid dienone is 4. The maximum Gasteiger partial charge on any atom is 0.254 e. The molecule has 1 unspecified atom stereocenters. The molecule has 2 aliphatic rings. The Kier molecular flexibility index (Phi) is 4.24. The van der Waals surface area contributed by atoms with E-state index in [0.717, 1.165) is 0 Å². The van der Waals surface area contributed by atoms with Crippen molar-refractivity contribution < 1.29 is 19.4 Å². The van der Waals surface area contributed by atoms with Crippen molar-refractivity contribution in [3.05, 3.63) is 35.8 Å². The van der Waals surface area contributed by atoms with Crippen molar-refractivity contribution in [3.63, 3.8) is 0 Å². The average Bonchev–Trinajstić information content (AvgIpc) is 2.92. The van der Waals surface area contributed by atoms with Gasteiger partial charge in [-0.05, 0) is 27.7 Å². The highest BCUT2D eigenvalue weighted by molar-refractivity contribution is 6.12. The molecule has 4 heteroatoms. The molecule has 1 N–H and O–H groups in total. The van der Waals surface area contributed by atoms with E-state index in [2.05, 4.69) is 11.8 Å². The van der Waals surface area contributed by atoms with Crippen LogP contribution in [0.25, 0.3) is 0 Å². The summed E-state index contributed by atoms with van der Waals surface area (Å²) in [5, 5.41) is 10.5. The Morgan fingerprint density at radius 1 is 1.14 bits per heavy atom. The first kappa shape index (κ1) is 15.4. The first-order valence-corrected chi connectivity index (χ1v) is 7.07. The first-order chi connectivity index (χ1) is 9.84. The molecule has 1 atom stereocenters. The van der Waals surface area contributed by atoms with E-state index < -0.39 is 11.4 Å². The van der Waals surface area contributed by atoms with Crippen LogP contribution in [0.4, 0.5) is 0 Å². The fourth-order valence-corrected chi connectivity index (χ4v) is 2.02. The molecule has 2 aliphatic carbocycles. The third kappa shape index (κ3) is 3.03. The molecule has 0 saturated heterocycles. The molecule has 0 fully saturated rings. The Hall–Kier alpha value is -1.99. The Bertz CT molecular complexity index is 572. The summed E-state index contributed by atoms with van der Waals surface area (Å²) < 4.78 is 11.0. The van der Waals surface area contributed by atoms with Crippen LogP contribution in [-0.4, -0.2) is 28.7 Å². The SMILES string of the molecule is CC(C)OC1=C(OC(C)C)C(O)(C#CC2C=CC=C2)C1=O. The lowest BCUT2D eigenvalue weighted by atomic mass is 9.82. The van der Waals surface area contributed by atoms with Crippen LogP contribution in [0.15, 0.2) is 35.8 Å². The van der Waals surface area contributed by atoms with Gasteiger partial charge in [0.05, 0.1) is 18.1 Å². The van der Waals surface area contributed by atoms with Crippen molar-refractivity contribution in [2.24, 2.45) is 5.92 Å². The number of ketones is 1. The molecule has 21 heavy (non-hydrogen) atoms. The van der Waals surface area contributed by atoms with Crippen LogP contribution in [0, 0.1) is 17.8 Å². The summed E-state index contributed by atoms with van der Waals surface area (Å²) in [7, 11) is 0. The number of Topliss-reactive ketones (excluding diaryl/α,β-unsaturated/α-hetero) is 1. The fraction of sp³-hybridized carbons (Fsp3) is 0.471. The molecule has 0 radical (unpaired) electrons. The van der Waals surface area contributed by atoms with Gasteiger partial charge in [0.1, 0.15) is 0 Å². The van der Waals surface area contributed by atoms with E-state index in [9.17, 15) is 9.90 Å². The van der Waals surface area contributed by atoms with Gasteiger partial charge >= 0.3 is 0 Å². The predicted octanol–water partition coefficient (Wildman–Crippen LogP) is 2.11. The van der Waals surface area contributed by atoms with E-state index in [1.807, 2.05) is 52.0 Å². The molecule has 112 valence electrons. The van der Waals surface area contributed by atoms with E-state index in [4.69, 9.17) is 9.47 Å². The van der Waals surface area contributed by atoms with Gasteiger partial charge in [-0.25, -0.2) is 0 Å². The number of rotatable bonds is 4. The minimum Gasteiger partial charge on any atom is -0.487 e. The van der Waals surface area contributed by atoms with Crippen LogP contribution < -0.4 is 0 Å². The Labute approximate surface area is 125 Å². The zero-order valence-corrected chi connectivity index (χ0v) is 12.7. The highest BCUT2D eigenvalue weighted by Gasteiger charge is 2.56. The quantitative estimate of drug-likeness (QED) is 0.805. The third-order valence-corrected chi connectivity index (χ3v) is 2.94. The predicted molar refractivity (Wildman–Crippen MR) is 79.0 cm³/mol. The van der Waals surface area contributed by atoms with Crippen LogP contribution >= 0.6 is 0 Å². The molecule has 0 aliphatic heterocycles. The van der Waals surface area contributed by atoms with E-state index >= 15 is 0 Å². The van der Waals surface area contributed by atoms with Gasteiger partial charge in [0.25, 0.3) is 11.4 Å². The van der Waals surface area contributed by atoms with Crippen molar-refractivity contribution in [1.82, 2.24) is 0 Å². The van der Waals surface area contributed by atoms with E-state index in [0.29, 0.717) is 0 Å². The minimum absolute atomic E-state index is 0.0769. The molecule has 0 heterocycles. The standard InChI is InChI=1S/C17H20O4/c1-11(2)20-14-15(18)17(19,16(14)21-12(3)4)10-9-13-7-5-6-8-13/h5-8,11-13,19H,1-4H3. The molecule has 0 amide bonds. The fourth-order valence-electron chi connectivity index (χ4n) is 2.02. The van der Waals surface area contributed by atoms with Crippen molar-refractivity contribution in [2.75, 3.05) is 0 Å². The molecule has 0 aromatic heterocycles. The largest absolute Gasteiger partial charge is 0.487 e. The summed E-state index contributed by atoms with van der Waals surface area (Å²) in [5.41, 5.74) is -1.89. The minimum atomic E-state index is -1.89. The summed E-state index contributed by atoms with van der Waals surface area (Å²) in [5.74, 6) is 5.08. The number of hydrogen-bond acceptors (Lipinski definition) is 4. The van der Waals surface area contributed by atoms with Gasteiger partial charge in [-0.2, -0.15) is 0 Å². The van der Waals surface area contributed by atoms with Gasteiger partial charge in [0.15, 0.2) is 5.76 Å². The van der Waals surface area contributed by atoms with Crippen molar-refractivity contribution >= 4 is 5.78 Å². The number of carbonyl (C=O) groups excluding carboxylic acids is 1. The van der Waals surface area contributed by atoms with Gasteiger partial charge in [-0.15, -0.1) is 0 Å². The van der Waals surface area contributed by atoms with Gasteiger partial charge in [0.2, 0.25) is 5.76 Å². The van der Waals surface area contributed by atoms with Crippen LogP contribution in [0.5, 0.6) is 0 Å². The highest BCUT2D eigenvalue weighted by Crippen LogP contribution is 2.38. The number of hydrogen-bond donors (Lipinski definition) is 1. The zero-order valence-electron chi connectivity index (χ0n) is 12.7. The molecule has 4 nitrogen and oxygen atoms in total. The Morgan fingerprint density at radius 3 is 2.24 bits per heavy atom. The third-order valence-electron chi connectivity index (χ3n) is 2.94. The van der Waals surface area contributed by atoms with Crippen molar-refractivity contribution in [2.45, 2.75) is 45.5 Å². The average molecular weight is 288 g/mol. The molecule has 2 rings (SSSR count). The molecule has 0 aromatic carbocycles. The second kappa shape index (κ2) is 5.79. The lowest BCUT2D eigenvalue weighted by Gasteiger charge is -2.36. The van der Waals surface area contributed by atoms with Gasteiger partial charge in [-0.3, -0.25) is 4.79 Å². The topological polar surface area (TPSA) is 55.8 Å². The summed E-state index contributed by atoms with van der Waals surface area (Å²) in [6, 6.07) is 0. The molecule has 0 spiro atoms. The van der Waals surface area contributed by atoms with Crippen LogP contribution in [0.3, 0.4) is 0 Å². The Balaban J connectivity index is 2.29. The molecular formula is C17H20O4. The van der Waals surface area contributed by atoms with E-state index in [1.54, 1.807) is 0 Å². The molecular weight excluding hydrogens is 268 g/mol. The van der Waals surface area contributed by atoms with Crippen LogP contribution in [0.1, 0.15) is 27.7 Å². The number of aliphatic hydroxyl groups is 1. The van der Waals surface area contributed by atoms with Crippen molar-refractivity contribution in [1.29, 1.82) is 0 Å². The van der Waals surface area contributed by atoms with Gasteiger partial charge in [0, 0.05) is 0 Å². The first-order valence-electron chi connectivity index (χ1n) is 7.07. The van der Waals surface area contributed by atoms with Gasteiger partial charge < -0.3 is 14.6 Å². The summed E-state index contributed by atoms with van der Waals surface area (Å²) >= 11 is 0. The number of ether oxygens (including phenoxy) is 2. The smallest absolute Gasteiger partial charge is 0.254 e. The summed E-state index contributed by atoms with van der Waals surface area (Å²) in [6.45, 7) is 7.26. The molecule has 0 bridgehead atoms. The molecule has 0 saturated carbocycles. The molecule has 0 aromatic rings. The highest BCUT2D eigenvalue weighted by atomic mass is 16.5. The van der Waals surface area contributed by atoms with Crippen molar-refractivity contribution in [3.8, 4) is 11.8 Å². The maximum atomic E-state index is 12.2.